The van der Waals surface area contributed by atoms with Gasteiger partial charge in [0.05, 0.1) is 0 Å². The van der Waals surface area contributed by atoms with Gasteiger partial charge in [0.1, 0.15) is 0 Å². The highest BCUT2D eigenvalue weighted by Gasteiger charge is 2.43. The van der Waals surface area contributed by atoms with Gasteiger partial charge in [-0.15, -0.1) is 0 Å². The first-order valence-corrected chi connectivity index (χ1v) is 15.7. The van der Waals surface area contributed by atoms with Crippen molar-refractivity contribution in [3.63, 3.8) is 0 Å². The van der Waals surface area contributed by atoms with Gasteiger partial charge in [-0.2, -0.15) is 0 Å². The first-order chi connectivity index (χ1) is 21.3. The van der Waals surface area contributed by atoms with Gasteiger partial charge in [-0.3, -0.25) is 0 Å². The number of nitrogens with zero attached hydrogens (tertiary/aromatic N) is 1. The molecule has 6 aromatic rings. The molecule has 0 radical (unpaired) electrons. The maximum Gasteiger partial charge on any atom is 0.0462 e. The third-order valence-corrected chi connectivity index (χ3v) is 9.26. The molecule has 7 rings (SSSR count). The van der Waals surface area contributed by atoms with Crippen LogP contribution in [0.3, 0.4) is 0 Å². The van der Waals surface area contributed by atoms with Crippen LogP contribution in [0.1, 0.15) is 45.2 Å². The van der Waals surface area contributed by atoms with Gasteiger partial charge in [-0.1, -0.05) is 143 Å². The number of hydrogen-bond acceptors (Lipinski definition) is 1. The molecule has 0 heterocycles. The summed E-state index contributed by atoms with van der Waals surface area (Å²) in [5, 5.41) is 0. The first kappa shape index (κ1) is 27.9. The quantitative estimate of drug-likeness (QED) is 0.193. The summed E-state index contributed by atoms with van der Waals surface area (Å²) in [4.78, 5) is 2.36. The molecule has 0 N–H and O–H groups in total. The Bertz CT molecular complexity index is 1800. The maximum atomic E-state index is 2.40. The van der Waals surface area contributed by atoms with Crippen molar-refractivity contribution in [1.29, 1.82) is 0 Å². The number of anilines is 3. The minimum Gasteiger partial charge on any atom is -0.311 e. The van der Waals surface area contributed by atoms with Crippen LogP contribution in [0.4, 0.5) is 17.1 Å². The molecule has 0 aromatic heterocycles. The van der Waals surface area contributed by atoms with Crippen LogP contribution in [0.2, 0.25) is 0 Å². The second kappa shape index (κ2) is 11.0. The SMILES string of the molecule is CC1(C)CC(C)(C)c2c(-c3ccc(N(c4ccc(-c5ccccc5)cc4)c4ccc(-c5ccccc5)cc4)cc3)cccc21. The first-order valence-electron chi connectivity index (χ1n) is 15.7. The average molecular weight is 570 g/mol. The Hall–Kier alpha value is -4.88. The lowest BCUT2D eigenvalue weighted by molar-refractivity contribution is 0.403. The molecule has 216 valence electrons. The Balaban J connectivity index is 1.29. The topological polar surface area (TPSA) is 3.24 Å². The van der Waals surface area contributed by atoms with Gasteiger partial charge in [-0.05, 0) is 98.2 Å². The van der Waals surface area contributed by atoms with Gasteiger partial charge in [0, 0.05) is 17.1 Å². The molecule has 0 saturated heterocycles. The Morgan fingerprint density at radius 3 is 1.25 bits per heavy atom. The third kappa shape index (κ3) is 5.13. The van der Waals surface area contributed by atoms with Gasteiger partial charge in [-0.25, -0.2) is 0 Å². The van der Waals surface area contributed by atoms with Crippen molar-refractivity contribution >= 4 is 17.1 Å². The summed E-state index contributed by atoms with van der Waals surface area (Å²) in [7, 11) is 0. The molecule has 44 heavy (non-hydrogen) atoms. The molecule has 6 aromatic carbocycles. The predicted octanol–water partition coefficient (Wildman–Crippen LogP) is 12.1. The largest absolute Gasteiger partial charge is 0.311 e. The van der Waals surface area contributed by atoms with Crippen molar-refractivity contribution in [2.24, 2.45) is 0 Å². The normalized spacial score (nSPS) is 14.6. The molecule has 0 unspecified atom stereocenters. The van der Waals surface area contributed by atoms with E-state index in [2.05, 4.69) is 184 Å². The maximum absolute atomic E-state index is 2.40. The highest BCUT2D eigenvalue weighted by Crippen LogP contribution is 2.52. The molecule has 0 saturated carbocycles. The smallest absolute Gasteiger partial charge is 0.0462 e. The summed E-state index contributed by atoms with van der Waals surface area (Å²) in [6.45, 7) is 9.58. The summed E-state index contributed by atoms with van der Waals surface area (Å²) in [6, 6.07) is 55.0. The Morgan fingerprint density at radius 2 is 0.795 bits per heavy atom. The fraction of sp³-hybridized carbons (Fsp3) is 0.163. The number of fused-ring (bicyclic) bond motifs is 1. The summed E-state index contributed by atoms with van der Waals surface area (Å²) in [6.07, 6.45) is 1.16. The van der Waals surface area contributed by atoms with E-state index in [1.165, 1.54) is 44.5 Å². The van der Waals surface area contributed by atoms with E-state index in [-0.39, 0.29) is 10.8 Å². The van der Waals surface area contributed by atoms with Crippen molar-refractivity contribution in [2.75, 3.05) is 4.90 Å². The fourth-order valence-corrected chi connectivity index (χ4v) is 7.48. The second-order valence-corrected chi connectivity index (χ2v) is 13.4. The molecular weight excluding hydrogens is 530 g/mol. The Labute approximate surface area is 262 Å². The van der Waals surface area contributed by atoms with Crippen molar-refractivity contribution in [1.82, 2.24) is 0 Å². The van der Waals surface area contributed by atoms with Gasteiger partial charge < -0.3 is 4.90 Å². The summed E-state index contributed by atoms with van der Waals surface area (Å²) in [5.74, 6) is 0. The summed E-state index contributed by atoms with van der Waals surface area (Å²) < 4.78 is 0. The van der Waals surface area contributed by atoms with Crippen LogP contribution in [0, 0.1) is 0 Å². The van der Waals surface area contributed by atoms with Crippen LogP contribution in [0.5, 0.6) is 0 Å². The van der Waals surface area contributed by atoms with Crippen LogP contribution in [-0.4, -0.2) is 0 Å². The molecule has 0 atom stereocenters. The van der Waals surface area contributed by atoms with Crippen LogP contribution in [0.15, 0.2) is 152 Å². The lowest BCUT2D eigenvalue weighted by Crippen LogP contribution is -2.18. The summed E-state index contributed by atoms with van der Waals surface area (Å²) in [5.41, 5.74) is 14.2. The third-order valence-electron chi connectivity index (χ3n) is 9.26. The zero-order chi connectivity index (χ0) is 30.3. The number of hydrogen-bond donors (Lipinski definition) is 0. The lowest BCUT2D eigenvalue weighted by Gasteiger charge is -2.27. The van der Waals surface area contributed by atoms with Gasteiger partial charge in [0.25, 0.3) is 0 Å². The minimum absolute atomic E-state index is 0.140. The molecule has 0 fully saturated rings. The van der Waals surface area contributed by atoms with Crippen LogP contribution < -0.4 is 4.90 Å². The number of benzene rings is 6. The van der Waals surface area contributed by atoms with Crippen molar-refractivity contribution in [3.8, 4) is 33.4 Å². The zero-order valence-corrected chi connectivity index (χ0v) is 26.1. The van der Waals surface area contributed by atoms with E-state index in [0.29, 0.717) is 0 Å². The molecule has 0 spiro atoms. The van der Waals surface area contributed by atoms with E-state index in [0.717, 1.165) is 23.5 Å². The highest BCUT2D eigenvalue weighted by molar-refractivity contribution is 5.82. The number of rotatable bonds is 6. The lowest BCUT2D eigenvalue weighted by atomic mass is 9.80. The van der Waals surface area contributed by atoms with Crippen LogP contribution >= 0.6 is 0 Å². The molecule has 1 heteroatoms. The van der Waals surface area contributed by atoms with Crippen LogP contribution in [-0.2, 0) is 10.8 Å². The zero-order valence-electron chi connectivity index (χ0n) is 26.1. The average Bonchev–Trinajstić information content (AvgIpc) is 3.26. The monoisotopic (exact) mass is 569 g/mol. The summed E-state index contributed by atoms with van der Waals surface area (Å²) >= 11 is 0. The van der Waals surface area contributed by atoms with E-state index < -0.39 is 0 Å². The van der Waals surface area contributed by atoms with Gasteiger partial charge in [0.2, 0.25) is 0 Å². The van der Waals surface area contributed by atoms with E-state index in [1.54, 1.807) is 0 Å². The van der Waals surface area contributed by atoms with E-state index in [9.17, 15) is 0 Å². The molecule has 0 bridgehead atoms. The van der Waals surface area contributed by atoms with Crippen LogP contribution in [0.25, 0.3) is 33.4 Å². The van der Waals surface area contributed by atoms with Crippen molar-refractivity contribution in [2.45, 2.75) is 44.9 Å². The van der Waals surface area contributed by atoms with E-state index in [1.807, 2.05) is 0 Å². The Morgan fingerprint density at radius 1 is 0.386 bits per heavy atom. The van der Waals surface area contributed by atoms with Gasteiger partial charge >= 0.3 is 0 Å². The predicted molar refractivity (Wildman–Crippen MR) is 188 cm³/mol. The van der Waals surface area contributed by atoms with Crippen molar-refractivity contribution < 1.29 is 0 Å². The molecule has 1 aliphatic rings. The highest BCUT2D eigenvalue weighted by atomic mass is 15.1. The minimum atomic E-state index is 0.140. The second-order valence-electron chi connectivity index (χ2n) is 13.4. The molecule has 1 aliphatic carbocycles. The Kier molecular flexibility index (Phi) is 6.98. The van der Waals surface area contributed by atoms with E-state index in [4.69, 9.17) is 0 Å². The van der Waals surface area contributed by atoms with Crippen molar-refractivity contribution in [3.05, 3.63) is 163 Å². The fourth-order valence-electron chi connectivity index (χ4n) is 7.48. The molecule has 0 amide bonds. The van der Waals surface area contributed by atoms with Gasteiger partial charge in [0.15, 0.2) is 0 Å². The standard InChI is InChI=1S/C43H39N/c1-42(2)30-43(3,4)41-39(16-11-17-40(41)42)35-22-28-38(29-23-35)44(36-24-18-33(19-25-36)31-12-7-5-8-13-31)37-26-20-34(21-27-37)32-14-9-6-10-15-32/h5-29H,30H2,1-4H3. The van der Waals surface area contributed by atoms with E-state index >= 15 is 0 Å². The molecular formula is C43H39N. The molecule has 1 nitrogen and oxygen atoms in total. The molecule has 0 aliphatic heterocycles.